The van der Waals surface area contributed by atoms with Gasteiger partial charge in [-0.15, -0.1) is 0 Å². The molecule has 0 aliphatic heterocycles. The number of hydrogen-bond acceptors (Lipinski definition) is 2. The summed E-state index contributed by atoms with van der Waals surface area (Å²) < 4.78 is 31.8. The normalized spacial score (nSPS) is 12.2. The highest BCUT2D eigenvalue weighted by Crippen LogP contribution is 2.26. The fourth-order valence-electron chi connectivity index (χ4n) is 1.80. The monoisotopic (exact) mass is 297 g/mol. The van der Waals surface area contributed by atoms with Crippen molar-refractivity contribution in [2.24, 2.45) is 5.73 Å². The predicted molar refractivity (Wildman–Crippen MR) is 74.7 cm³/mol. The molecule has 0 radical (unpaired) electrons. The third kappa shape index (κ3) is 3.46. The van der Waals surface area contributed by atoms with Crippen molar-refractivity contribution in [3.05, 3.63) is 64.2 Å². The zero-order valence-electron chi connectivity index (χ0n) is 10.9. The summed E-state index contributed by atoms with van der Waals surface area (Å²) in [5.74, 6) is -0.343. The molecule has 0 amide bonds. The Bertz CT molecular complexity index is 617. The van der Waals surface area contributed by atoms with Crippen molar-refractivity contribution in [2.45, 2.75) is 19.6 Å². The maximum absolute atomic E-state index is 13.2. The van der Waals surface area contributed by atoms with E-state index >= 15 is 0 Å². The highest BCUT2D eigenvalue weighted by Gasteiger charge is 2.10. The average molecular weight is 298 g/mol. The van der Waals surface area contributed by atoms with Gasteiger partial charge in [0.15, 0.2) is 0 Å². The molecular weight excluding hydrogens is 284 g/mol. The van der Waals surface area contributed by atoms with Gasteiger partial charge in [-0.25, -0.2) is 8.78 Å². The molecule has 0 aliphatic rings. The van der Waals surface area contributed by atoms with Gasteiger partial charge in [0, 0.05) is 11.6 Å². The number of nitrogens with two attached hydrogens (primary N) is 1. The average Bonchev–Trinajstić information content (AvgIpc) is 2.41. The first kappa shape index (κ1) is 14.8. The molecule has 20 heavy (non-hydrogen) atoms. The van der Waals surface area contributed by atoms with Crippen molar-refractivity contribution in [1.29, 1.82) is 0 Å². The topological polar surface area (TPSA) is 35.2 Å². The smallest absolute Gasteiger partial charge is 0.141 e. The van der Waals surface area contributed by atoms with Crippen LogP contribution in [0.15, 0.2) is 36.4 Å². The molecule has 0 fully saturated rings. The Hall–Kier alpha value is -1.65. The lowest BCUT2D eigenvalue weighted by Gasteiger charge is -2.14. The summed E-state index contributed by atoms with van der Waals surface area (Å²) in [5.41, 5.74) is 7.08. The van der Waals surface area contributed by atoms with E-state index in [1.807, 2.05) is 0 Å². The molecule has 2 rings (SSSR count). The molecule has 2 N–H and O–H groups in total. The second-order valence-electron chi connectivity index (χ2n) is 4.51. The van der Waals surface area contributed by atoms with Crippen LogP contribution in [-0.4, -0.2) is 0 Å². The van der Waals surface area contributed by atoms with E-state index in [4.69, 9.17) is 22.1 Å². The Labute approximate surface area is 121 Å². The summed E-state index contributed by atoms with van der Waals surface area (Å²) >= 11 is 5.70. The highest BCUT2D eigenvalue weighted by atomic mass is 35.5. The van der Waals surface area contributed by atoms with Crippen LogP contribution in [0.25, 0.3) is 0 Å². The minimum absolute atomic E-state index is 0.0395. The van der Waals surface area contributed by atoms with Crippen LogP contribution in [0.3, 0.4) is 0 Å². The Morgan fingerprint density at radius 1 is 1.20 bits per heavy atom. The van der Waals surface area contributed by atoms with Crippen LogP contribution in [0.5, 0.6) is 5.75 Å². The van der Waals surface area contributed by atoms with Gasteiger partial charge in [0.1, 0.15) is 24.0 Å². The van der Waals surface area contributed by atoms with Crippen LogP contribution in [-0.2, 0) is 6.61 Å². The molecule has 0 heterocycles. The van der Waals surface area contributed by atoms with Crippen molar-refractivity contribution >= 4 is 11.6 Å². The zero-order chi connectivity index (χ0) is 14.7. The molecule has 0 saturated carbocycles. The molecule has 2 nitrogen and oxygen atoms in total. The van der Waals surface area contributed by atoms with Crippen molar-refractivity contribution in [1.82, 2.24) is 0 Å². The summed E-state index contributed by atoms with van der Waals surface area (Å²) in [7, 11) is 0. The minimum Gasteiger partial charge on any atom is -0.489 e. The summed E-state index contributed by atoms with van der Waals surface area (Å²) in [6.07, 6.45) is 0. The fraction of sp³-hybridized carbons (Fsp3) is 0.200. The molecule has 2 aromatic rings. The van der Waals surface area contributed by atoms with Crippen LogP contribution >= 0.6 is 11.6 Å². The van der Waals surface area contributed by atoms with E-state index in [0.29, 0.717) is 11.3 Å². The number of halogens is 3. The van der Waals surface area contributed by atoms with Gasteiger partial charge < -0.3 is 10.5 Å². The highest BCUT2D eigenvalue weighted by molar-refractivity contribution is 6.30. The number of ether oxygens (including phenoxy) is 1. The molecule has 2 aromatic carbocycles. The molecule has 0 spiro atoms. The molecule has 0 saturated heterocycles. The second-order valence-corrected chi connectivity index (χ2v) is 4.92. The van der Waals surface area contributed by atoms with Gasteiger partial charge >= 0.3 is 0 Å². The van der Waals surface area contributed by atoms with E-state index in [2.05, 4.69) is 0 Å². The van der Waals surface area contributed by atoms with E-state index in [9.17, 15) is 8.78 Å². The molecule has 0 aliphatic carbocycles. The number of hydrogen-bond donors (Lipinski definition) is 1. The van der Waals surface area contributed by atoms with Crippen molar-refractivity contribution in [3.63, 3.8) is 0 Å². The number of benzene rings is 2. The van der Waals surface area contributed by atoms with Crippen molar-refractivity contribution < 1.29 is 13.5 Å². The lowest BCUT2D eigenvalue weighted by molar-refractivity contribution is 0.300. The van der Waals surface area contributed by atoms with Crippen LogP contribution < -0.4 is 10.5 Å². The van der Waals surface area contributed by atoms with Gasteiger partial charge in [-0.3, -0.25) is 0 Å². The molecule has 106 valence electrons. The van der Waals surface area contributed by atoms with Gasteiger partial charge in [-0.05, 0) is 42.8 Å². The summed E-state index contributed by atoms with van der Waals surface area (Å²) in [5, 5.41) is 0.0395. The fourth-order valence-corrected chi connectivity index (χ4v) is 2.00. The van der Waals surface area contributed by atoms with Crippen molar-refractivity contribution in [2.75, 3.05) is 0 Å². The van der Waals surface area contributed by atoms with Gasteiger partial charge in [-0.2, -0.15) is 0 Å². The standard InChI is InChI=1S/C15H14ClF2NO/c1-9(19)12-7-11(17)3-5-15(12)20-8-10-2-4-14(18)13(16)6-10/h2-7,9H,8,19H2,1H3/t9-/m0/s1. The van der Waals surface area contributed by atoms with Gasteiger partial charge in [0.05, 0.1) is 5.02 Å². The molecule has 1 atom stereocenters. The first-order chi connectivity index (χ1) is 9.47. The summed E-state index contributed by atoms with van der Waals surface area (Å²) in [4.78, 5) is 0. The van der Waals surface area contributed by atoms with E-state index in [1.165, 1.54) is 30.3 Å². The molecule has 0 aromatic heterocycles. The van der Waals surface area contributed by atoms with Crippen LogP contribution in [0.1, 0.15) is 24.1 Å². The van der Waals surface area contributed by atoms with Crippen LogP contribution in [0.4, 0.5) is 8.78 Å². The van der Waals surface area contributed by atoms with E-state index in [-0.39, 0.29) is 23.5 Å². The Balaban J connectivity index is 2.16. The lowest BCUT2D eigenvalue weighted by Crippen LogP contribution is -2.08. The maximum atomic E-state index is 13.2. The van der Waals surface area contributed by atoms with Crippen molar-refractivity contribution in [3.8, 4) is 5.75 Å². The summed E-state index contributed by atoms with van der Waals surface area (Å²) in [6.45, 7) is 1.95. The SMILES string of the molecule is C[C@H](N)c1cc(F)ccc1OCc1ccc(F)c(Cl)c1. The molecule has 5 heteroatoms. The molecular formula is C15H14ClF2NO. The quantitative estimate of drug-likeness (QED) is 0.917. The van der Waals surface area contributed by atoms with E-state index < -0.39 is 5.82 Å². The van der Waals surface area contributed by atoms with E-state index in [1.54, 1.807) is 13.0 Å². The first-order valence-corrected chi connectivity index (χ1v) is 6.47. The van der Waals surface area contributed by atoms with Gasteiger partial charge in [0.25, 0.3) is 0 Å². The third-order valence-corrected chi connectivity index (χ3v) is 3.13. The predicted octanol–water partition coefficient (Wildman–Crippen LogP) is 4.22. The zero-order valence-corrected chi connectivity index (χ0v) is 11.6. The Morgan fingerprint density at radius 3 is 2.60 bits per heavy atom. The third-order valence-electron chi connectivity index (χ3n) is 2.84. The van der Waals surface area contributed by atoms with Gasteiger partial charge in [0.2, 0.25) is 0 Å². The van der Waals surface area contributed by atoms with Gasteiger partial charge in [-0.1, -0.05) is 17.7 Å². The molecule has 0 unspecified atom stereocenters. The number of rotatable bonds is 4. The van der Waals surface area contributed by atoms with E-state index in [0.717, 1.165) is 5.56 Å². The largest absolute Gasteiger partial charge is 0.489 e. The Morgan fingerprint density at radius 2 is 1.95 bits per heavy atom. The Kier molecular flexibility index (Phi) is 4.57. The first-order valence-electron chi connectivity index (χ1n) is 6.09. The maximum Gasteiger partial charge on any atom is 0.141 e. The van der Waals surface area contributed by atoms with Crippen LogP contribution in [0.2, 0.25) is 5.02 Å². The second kappa shape index (κ2) is 6.20. The summed E-state index contributed by atoms with van der Waals surface area (Å²) in [6, 6.07) is 8.17. The van der Waals surface area contributed by atoms with Crippen LogP contribution in [0, 0.1) is 11.6 Å². The molecule has 0 bridgehead atoms. The lowest BCUT2D eigenvalue weighted by atomic mass is 10.1. The minimum atomic E-state index is -0.478.